The third-order valence-corrected chi connectivity index (χ3v) is 6.75. The van der Waals surface area contributed by atoms with Gasteiger partial charge in [-0.2, -0.15) is 0 Å². The molecule has 0 bridgehead atoms. The molecule has 0 saturated heterocycles. The van der Waals surface area contributed by atoms with E-state index in [0.29, 0.717) is 0 Å². The van der Waals surface area contributed by atoms with Crippen LogP contribution >= 0.6 is 22.6 Å². The van der Waals surface area contributed by atoms with Gasteiger partial charge in [0, 0.05) is 18.3 Å². The van der Waals surface area contributed by atoms with Crippen LogP contribution in [0.25, 0.3) is 0 Å². The average Bonchev–Trinajstić information content (AvgIpc) is 1.95. The summed E-state index contributed by atoms with van der Waals surface area (Å²) in [5.41, 5.74) is 1.79. The fourth-order valence-corrected chi connectivity index (χ4v) is 4.04. The van der Waals surface area contributed by atoms with Gasteiger partial charge in [0.05, 0.1) is 0 Å². The van der Waals surface area contributed by atoms with Crippen LogP contribution in [-0.2, 0) is 8.85 Å². The lowest BCUT2D eigenvalue weighted by atomic mass is 11.3. The number of alkyl halides is 1. The van der Waals surface area contributed by atoms with E-state index in [9.17, 15) is 0 Å². The highest BCUT2D eigenvalue weighted by molar-refractivity contribution is 14.1. The van der Waals surface area contributed by atoms with E-state index in [1.165, 1.54) is 0 Å². The molecule has 0 spiro atoms. The summed E-state index contributed by atoms with van der Waals surface area (Å²) in [5.74, 6) is 0. The molecule has 0 aromatic rings. The molecule has 2 nitrogen and oxygen atoms in total. The molecular weight excluding hydrogens is 247 g/mol. The molecule has 0 atom stereocenters. The topological polar surface area (TPSA) is 18.5 Å². The molecule has 0 unspecified atom stereocenters. The lowest BCUT2D eigenvalue weighted by Gasteiger charge is -2.19. The third-order valence-electron chi connectivity index (χ3n) is 1.19. The Morgan fingerprint density at radius 3 is 2.00 bits per heavy atom. The van der Waals surface area contributed by atoms with Gasteiger partial charge < -0.3 is 8.85 Å². The maximum Gasteiger partial charge on any atom is 0.373 e. The Morgan fingerprint density at radius 2 is 2.00 bits per heavy atom. The highest BCUT2D eigenvalue weighted by Gasteiger charge is 2.29. The first-order valence-electron chi connectivity index (χ1n) is 2.54. The molecule has 0 fully saturated rings. The molecule has 9 heavy (non-hydrogen) atoms. The minimum Gasteiger partial charge on any atom is -0.394 e. The van der Waals surface area contributed by atoms with E-state index in [2.05, 4.69) is 29.2 Å². The first kappa shape index (κ1) is 9.61. The highest BCUT2D eigenvalue weighted by atomic mass is 127. The van der Waals surface area contributed by atoms with Crippen LogP contribution in [0.2, 0.25) is 0 Å². The van der Waals surface area contributed by atoms with Gasteiger partial charge in [0.2, 0.25) is 0 Å². The van der Waals surface area contributed by atoms with Crippen LogP contribution in [0.3, 0.4) is 0 Å². The van der Waals surface area contributed by atoms with Crippen molar-refractivity contribution in [2.24, 2.45) is 0 Å². The van der Waals surface area contributed by atoms with Crippen molar-refractivity contribution >= 4 is 31.2 Å². The quantitative estimate of drug-likeness (QED) is 0.431. The van der Waals surface area contributed by atoms with Crippen molar-refractivity contribution in [1.29, 1.82) is 0 Å². The predicted octanol–water partition coefficient (Wildman–Crippen LogP) is 1.42. The van der Waals surface area contributed by atoms with Gasteiger partial charge in [0.1, 0.15) is 0 Å². The molecule has 54 valence electrons. The predicted molar refractivity (Wildman–Crippen MR) is 48.9 cm³/mol. The Morgan fingerprint density at radius 1 is 1.56 bits per heavy atom. The van der Waals surface area contributed by atoms with Gasteiger partial charge in [-0.15, -0.1) is 6.58 Å². The Labute approximate surface area is 70.6 Å². The normalized spacial score (nSPS) is 11.4. The summed E-state index contributed by atoms with van der Waals surface area (Å²) in [5, 5.41) is 0. The van der Waals surface area contributed by atoms with Crippen molar-refractivity contribution in [1.82, 2.24) is 0 Å². The van der Waals surface area contributed by atoms with Crippen molar-refractivity contribution in [2.75, 3.05) is 18.3 Å². The third kappa shape index (κ3) is 2.36. The Bertz CT molecular complexity index is 84.7. The number of hydrogen-bond acceptors (Lipinski definition) is 2. The molecule has 0 aliphatic carbocycles. The molecule has 0 aliphatic heterocycles. The standard InChI is InChI=1S/C5H11IO2Si/c1-4-9(5-6,7-2)8-3/h4H,1,5H2,2-3H3. The lowest BCUT2D eigenvalue weighted by Crippen LogP contribution is -2.40. The fourth-order valence-electron chi connectivity index (χ4n) is 0.414. The van der Waals surface area contributed by atoms with Gasteiger partial charge in [0.25, 0.3) is 0 Å². The smallest absolute Gasteiger partial charge is 0.373 e. The summed E-state index contributed by atoms with van der Waals surface area (Å²) in [6.45, 7) is 3.65. The second-order valence-electron chi connectivity index (χ2n) is 1.56. The molecule has 0 aromatic heterocycles. The largest absolute Gasteiger partial charge is 0.394 e. The van der Waals surface area contributed by atoms with Crippen molar-refractivity contribution in [3.63, 3.8) is 0 Å². The molecule has 0 N–H and O–H groups in total. The fraction of sp³-hybridized carbons (Fsp3) is 0.600. The summed E-state index contributed by atoms with van der Waals surface area (Å²) in [4.78, 5) is 0. The van der Waals surface area contributed by atoms with Crippen molar-refractivity contribution in [3.8, 4) is 0 Å². The first-order valence-corrected chi connectivity index (χ1v) is 6.17. The molecule has 0 radical (unpaired) electrons. The van der Waals surface area contributed by atoms with Crippen molar-refractivity contribution in [3.05, 3.63) is 12.3 Å². The van der Waals surface area contributed by atoms with Gasteiger partial charge in [-0.1, -0.05) is 22.6 Å². The Hall–Kier alpha value is 0.607. The van der Waals surface area contributed by atoms with E-state index in [-0.39, 0.29) is 0 Å². The van der Waals surface area contributed by atoms with E-state index in [1.807, 2.05) is 0 Å². The van der Waals surface area contributed by atoms with E-state index in [1.54, 1.807) is 19.9 Å². The zero-order valence-electron chi connectivity index (χ0n) is 5.69. The number of hydrogen-bond donors (Lipinski definition) is 0. The van der Waals surface area contributed by atoms with E-state index >= 15 is 0 Å². The molecule has 4 heteroatoms. The van der Waals surface area contributed by atoms with Gasteiger partial charge in [-0.05, 0) is 5.70 Å². The van der Waals surface area contributed by atoms with E-state index in [4.69, 9.17) is 8.85 Å². The molecular formula is C5H11IO2Si. The van der Waals surface area contributed by atoms with Crippen LogP contribution in [0.15, 0.2) is 12.3 Å². The van der Waals surface area contributed by atoms with Crippen LogP contribution in [0.5, 0.6) is 0 Å². The number of rotatable bonds is 4. The molecule has 0 amide bonds. The monoisotopic (exact) mass is 258 g/mol. The van der Waals surface area contributed by atoms with Crippen molar-refractivity contribution in [2.45, 2.75) is 0 Å². The maximum absolute atomic E-state index is 5.18. The van der Waals surface area contributed by atoms with E-state index < -0.39 is 8.56 Å². The van der Waals surface area contributed by atoms with Crippen LogP contribution in [0.4, 0.5) is 0 Å². The number of halogens is 1. The average molecular weight is 258 g/mol. The summed E-state index contributed by atoms with van der Waals surface area (Å²) in [6.07, 6.45) is 0. The minimum absolute atomic E-state index is 0.890. The van der Waals surface area contributed by atoms with E-state index in [0.717, 1.165) is 4.05 Å². The maximum atomic E-state index is 5.18. The van der Waals surface area contributed by atoms with Gasteiger partial charge in [-0.25, -0.2) is 0 Å². The van der Waals surface area contributed by atoms with Gasteiger partial charge >= 0.3 is 8.56 Å². The van der Waals surface area contributed by atoms with Crippen LogP contribution < -0.4 is 0 Å². The minimum atomic E-state index is -1.94. The second-order valence-corrected chi connectivity index (χ2v) is 6.96. The molecule has 0 aromatic carbocycles. The molecule has 0 saturated carbocycles. The van der Waals surface area contributed by atoms with Crippen LogP contribution in [0, 0.1) is 0 Å². The Balaban J connectivity index is 3.98. The van der Waals surface area contributed by atoms with Crippen molar-refractivity contribution < 1.29 is 8.85 Å². The SMILES string of the molecule is C=C[Si](CI)(OC)OC. The van der Waals surface area contributed by atoms with Crippen LogP contribution in [-0.4, -0.2) is 26.8 Å². The highest BCUT2D eigenvalue weighted by Crippen LogP contribution is 2.08. The second kappa shape index (κ2) is 4.43. The van der Waals surface area contributed by atoms with Gasteiger partial charge in [0.15, 0.2) is 0 Å². The summed E-state index contributed by atoms with van der Waals surface area (Å²) < 4.78 is 11.2. The summed E-state index contributed by atoms with van der Waals surface area (Å²) in [7, 11) is 1.38. The summed E-state index contributed by atoms with van der Waals surface area (Å²) in [6, 6.07) is 0. The lowest BCUT2D eigenvalue weighted by molar-refractivity contribution is 0.264. The molecule has 0 rings (SSSR count). The first-order chi connectivity index (χ1) is 4.24. The Kier molecular flexibility index (Phi) is 4.73. The van der Waals surface area contributed by atoms with Gasteiger partial charge in [-0.3, -0.25) is 0 Å². The molecule has 0 heterocycles. The zero-order chi connectivity index (χ0) is 7.33. The van der Waals surface area contributed by atoms with Crippen LogP contribution in [0.1, 0.15) is 0 Å². The summed E-state index contributed by atoms with van der Waals surface area (Å²) >= 11 is 2.24. The molecule has 0 aliphatic rings. The zero-order valence-corrected chi connectivity index (χ0v) is 8.84.